The number of amides is 1. The largest absolute Gasteiger partial charge is 0.507 e. The molecule has 2 heterocycles. The smallest absolute Gasteiger partial charge is 0.410 e. The molecule has 0 spiro atoms. The molecule has 1 amide bonds. The fourth-order valence-corrected chi connectivity index (χ4v) is 4.89. The lowest BCUT2D eigenvalue weighted by Gasteiger charge is -2.40. The van der Waals surface area contributed by atoms with Gasteiger partial charge in [-0.05, 0) is 39.0 Å². The van der Waals surface area contributed by atoms with Crippen molar-refractivity contribution in [1.82, 2.24) is 9.80 Å². The van der Waals surface area contributed by atoms with Crippen LogP contribution in [0.1, 0.15) is 26.3 Å². The molecule has 7 nitrogen and oxygen atoms in total. The molecule has 35 heavy (non-hydrogen) atoms. The van der Waals surface area contributed by atoms with Crippen LogP contribution in [0, 0.1) is 0 Å². The van der Waals surface area contributed by atoms with E-state index in [9.17, 15) is 18.7 Å². The molecule has 2 aliphatic rings. The zero-order chi connectivity index (χ0) is 25.5. The van der Waals surface area contributed by atoms with Crippen molar-refractivity contribution in [3.63, 3.8) is 0 Å². The maximum absolute atomic E-state index is 13.3. The summed E-state index contributed by atoms with van der Waals surface area (Å²) in [5.74, 6) is -0.167. The number of phenols is 1. The van der Waals surface area contributed by atoms with Crippen LogP contribution in [0.3, 0.4) is 0 Å². The van der Waals surface area contributed by atoms with Gasteiger partial charge in [0.2, 0.25) is 0 Å². The van der Waals surface area contributed by atoms with Gasteiger partial charge >= 0.3 is 12.7 Å². The third kappa shape index (κ3) is 5.52. The zero-order valence-electron chi connectivity index (χ0n) is 19.5. The topological polar surface area (TPSA) is 71.5 Å². The standard InChI is InChI=1S/C24H26Cl2F2N2O5/c1-24(2,3)35-23(32)30-8-7-29-10-13-9-17(34-22(27)28)19(18-15(25)5-4-6-16(18)31)20(26)21(13)33-12-14(29)11-30/h4-6,9,14,22,31H,7-8,10-12H2,1-3H3/t14-/m1/s1. The van der Waals surface area contributed by atoms with Crippen molar-refractivity contribution >= 4 is 29.3 Å². The van der Waals surface area contributed by atoms with E-state index < -0.39 is 18.3 Å². The molecule has 11 heteroatoms. The third-order valence-electron chi connectivity index (χ3n) is 5.77. The molecule has 0 unspecified atom stereocenters. The SMILES string of the molecule is CC(C)(C)OC(=O)N1CCN2Cc3cc(OC(F)F)c(-c4c(O)cccc4Cl)c(Cl)c3OC[C@H]2C1. The van der Waals surface area contributed by atoms with E-state index in [1.54, 1.807) is 4.90 Å². The van der Waals surface area contributed by atoms with E-state index >= 15 is 0 Å². The van der Waals surface area contributed by atoms with Crippen LogP contribution in [0.15, 0.2) is 24.3 Å². The van der Waals surface area contributed by atoms with E-state index in [-0.39, 0.29) is 45.3 Å². The Kier molecular flexibility index (Phi) is 7.22. The normalized spacial score (nSPS) is 18.4. The van der Waals surface area contributed by atoms with Crippen LogP contribution in [0.25, 0.3) is 11.1 Å². The Bertz CT molecular complexity index is 1110. The maximum atomic E-state index is 13.3. The molecule has 2 aliphatic heterocycles. The maximum Gasteiger partial charge on any atom is 0.410 e. The summed E-state index contributed by atoms with van der Waals surface area (Å²) >= 11 is 13.0. The van der Waals surface area contributed by atoms with Crippen LogP contribution in [-0.4, -0.2) is 65.5 Å². The average molecular weight is 531 g/mol. The third-order valence-corrected chi connectivity index (χ3v) is 6.45. The summed E-state index contributed by atoms with van der Waals surface area (Å²) < 4.78 is 43.0. The quantitative estimate of drug-likeness (QED) is 0.542. The lowest BCUT2D eigenvalue weighted by Crippen LogP contribution is -2.56. The lowest BCUT2D eigenvalue weighted by atomic mass is 9.99. The van der Waals surface area contributed by atoms with Gasteiger partial charge in [-0.3, -0.25) is 4.90 Å². The summed E-state index contributed by atoms with van der Waals surface area (Å²) in [5.41, 5.74) is 0.0252. The average Bonchev–Trinajstić information content (AvgIpc) is 2.92. The van der Waals surface area contributed by atoms with E-state index in [0.29, 0.717) is 37.5 Å². The highest BCUT2D eigenvalue weighted by atomic mass is 35.5. The van der Waals surface area contributed by atoms with Crippen LogP contribution in [0.4, 0.5) is 13.6 Å². The molecule has 1 atom stereocenters. The van der Waals surface area contributed by atoms with Gasteiger partial charge in [-0.1, -0.05) is 29.3 Å². The summed E-state index contributed by atoms with van der Waals surface area (Å²) in [5, 5.41) is 10.6. The summed E-state index contributed by atoms with van der Waals surface area (Å²) in [6.45, 7) is 4.20. The number of benzene rings is 2. The highest BCUT2D eigenvalue weighted by Gasteiger charge is 2.36. The van der Waals surface area contributed by atoms with Crippen molar-refractivity contribution in [3.8, 4) is 28.4 Å². The number of carbonyl (C=O) groups is 1. The van der Waals surface area contributed by atoms with Gasteiger partial charge in [0.25, 0.3) is 0 Å². The molecule has 1 fully saturated rings. The van der Waals surface area contributed by atoms with E-state index in [1.807, 2.05) is 20.8 Å². The van der Waals surface area contributed by atoms with Gasteiger partial charge < -0.3 is 24.2 Å². The van der Waals surface area contributed by atoms with Crippen molar-refractivity contribution < 1.29 is 32.9 Å². The van der Waals surface area contributed by atoms with E-state index in [0.717, 1.165) is 0 Å². The van der Waals surface area contributed by atoms with Gasteiger partial charge in [0.1, 0.15) is 29.5 Å². The highest BCUT2D eigenvalue weighted by Crippen LogP contribution is 2.50. The van der Waals surface area contributed by atoms with Crippen LogP contribution >= 0.6 is 23.2 Å². The lowest BCUT2D eigenvalue weighted by molar-refractivity contribution is -0.0495. The van der Waals surface area contributed by atoms with Crippen molar-refractivity contribution in [3.05, 3.63) is 39.9 Å². The number of carbonyl (C=O) groups excluding carboxylic acids is 1. The van der Waals surface area contributed by atoms with E-state index in [4.69, 9.17) is 37.4 Å². The predicted molar refractivity (Wildman–Crippen MR) is 128 cm³/mol. The number of aromatic hydroxyl groups is 1. The summed E-state index contributed by atoms with van der Waals surface area (Å²) in [7, 11) is 0. The number of phenolic OH excluding ortho intramolecular Hbond substituents is 1. The Labute approximate surface area is 212 Å². The van der Waals surface area contributed by atoms with Crippen molar-refractivity contribution in [2.45, 2.75) is 45.6 Å². The fourth-order valence-electron chi connectivity index (χ4n) is 4.26. The first-order valence-corrected chi connectivity index (χ1v) is 11.8. The minimum Gasteiger partial charge on any atom is -0.507 e. The highest BCUT2D eigenvalue weighted by molar-refractivity contribution is 6.38. The molecule has 190 valence electrons. The summed E-state index contributed by atoms with van der Waals surface area (Å²) in [6, 6.07) is 5.68. The Morgan fingerprint density at radius 3 is 2.63 bits per heavy atom. The Hall–Kier alpha value is -2.49. The molecule has 0 bridgehead atoms. The first-order valence-electron chi connectivity index (χ1n) is 11.1. The van der Waals surface area contributed by atoms with Gasteiger partial charge in [0.05, 0.1) is 21.7 Å². The van der Waals surface area contributed by atoms with Crippen molar-refractivity contribution in [2.75, 3.05) is 26.2 Å². The number of hydrogen-bond donors (Lipinski definition) is 1. The summed E-state index contributed by atoms with van der Waals surface area (Å²) in [6.07, 6.45) is -0.402. The second kappa shape index (κ2) is 9.87. The van der Waals surface area contributed by atoms with E-state index in [1.165, 1.54) is 24.3 Å². The number of ether oxygens (including phenoxy) is 3. The van der Waals surface area contributed by atoms with Crippen molar-refractivity contribution in [2.24, 2.45) is 0 Å². The Morgan fingerprint density at radius 2 is 1.97 bits per heavy atom. The van der Waals surface area contributed by atoms with Gasteiger partial charge in [0.15, 0.2) is 0 Å². The summed E-state index contributed by atoms with van der Waals surface area (Å²) in [4.78, 5) is 16.3. The molecule has 0 radical (unpaired) electrons. The molecule has 4 rings (SSSR count). The molecule has 1 saturated heterocycles. The van der Waals surface area contributed by atoms with Gasteiger partial charge in [-0.25, -0.2) is 4.79 Å². The number of piperazine rings is 1. The molecule has 1 N–H and O–H groups in total. The number of hydrogen-bond acceptors (Lipinski definition) is 6. The number of rotatable bonds is 3. The van der Waals surface area contributed by atoms with Crippen LogP contribution < -0.4 is 9.47 Å². The Morgan fingerprint density at radius 1 is 1.23 bits per heavy atom. The van der Waals surface area contributed by atoms with Gasteiger partial charge in [-0.2, -0.15) is 8.78 Å². The van der Waals surface area contributed by atoms with Crippen LogP contribution in [0.2, 0.25) is 10.0 Å². The fraction of sp³-hybridized carbons (Fsp3) is 0.458. The molecule has 2 aromatic carbocycles. The number of halogens is 4. The van der Waals surface area contributed by atoms with E-state index in [2.05, 4.69) is 4.90 Å². The van der Waals surface area contributed by atoms with Crippen molar-refractivity contribution in [1.29, 1.82) is 0 Å². The number of alkyl halides is 2. The minimum atomic E-state index is -3.12. The van der Waals surface area contributed by atoms with Gasteiger partial charge in [-0.15, -0.1) is 0 Å². The van der Waals surface area contributed by atoms with Crippen LogP contribution in [0.5, 0.6) is 17.2 Å². The monoisotopic (exact) mass is 530 g/mol. The molecular weight excluding hydrogens is 505 g/mol. The van der Waals surface area contributed by atoms with Crippen LogP contribution in [-0.2, 0) is 11.3 Å². The second-order valence-corrected chi connectivity index (χ2v) is 10.2. The molecule has 0 aliphatic carbocycles. The second-order valence-electron chi connectivity index (χ2n) is 9.43. The zero-order valence-corrected chi connectivity index (χ0v) is 21.0. The first kappa shape index (κ1) is 25.6. The molecule has 2 aromatic rings. The number of fused-ring (bicyclic) bond motifs is 2. The predicted octanol–water partition coefficient (Wildman–Crippen LogP) is 5.78. The van der Waals surface area contributed by atoms with Gasteiger partial charge in [0, 0.05) is 37.3 Å². The molecular formula is C24H26Cl2F2N2O5. The molecule has 0 saturated carbocycles. The minimum absolute atomic E-state index is 0.00500. The first-order chi connectivity index (χ1) is 16.4. The Balaban J connectivity index is 1.68. The number of nitrogens with zero attached hydrogens (tertiary/aromatic N) is 2. The molecule has 0 aromatic heterocycles.